The van der Waals surface area contributed by atoms with Crippen LogP contribution in [0.1, 0.15) is 27.5 Å². The number of halogens is 1. The molecule has 3 N–H and O–H groups in total. The zero-order valence-corrected chi connectivity index (χ0v) is 13.6. The Bertz CT molecular complexity index is 704. The van der Waals surface area contributed by atoms with Crippen LogP contribution in [0.15, 0.2) is 48.5 Å². The number of amides is 1. The van der Waals surface area contributed by atoms with Gasteiger partial charge in [0.1, 0.15) is 0 Å². The first-order valence-corrected chi connectivity index (χ1v) is 8.10. The van der Waals surface area contributed by atoms with Crippen molar-refractivity contribution in [3.05, 3.63) is 70.2 Å². The SMILES string of the molecule is NC(=O)c1cccc(CN2CCNCC2c2cccc(Cl)c2)c1. The summed E-state index contributed by atoms with van der Waals surface area (Å²) < 4.78 is 0. The number of hydrogen-bond acceptors (Lipinski definition) is 3. The second-order valence-corrected chi connectivity index (χ2v) is 6.25. The lowest BCUT2D eigenvalue weighted by Gasteiger charge is -2.36. The van der Waals surface area contributed by atoms with Gasteiger partial charge in [-0.15, -0.1) is 0 Å². The first-order chi connectivity index (χ1) is 11.1. The molecule has 0 saturated carbocycles. The number of rotatable bonds is 4. The Morgan fingerprint density at radius 1 is 1.26 bits per heavy atom. The highest BCUT2D eigenvalue weighted by molar-refractivity contribution is 6.30. The van der Waals surface area contributed by atoms with Crippen LogP contribution in [0.2, 0.25) is 5.02 Å². The Balaban J connectivity index is 1.82. The van der Waals surface area contributed by atoms with Crippen molar-refractivity contribution < 1.29 is 4.79 Å². The molecule has 1 heterocycles. The number of carbonyl (C=O) groups excluding carboxylic acids is 1. The quantitative estimate of drug-likeness (QED) is 0.906. The molecule has 120 valence electrons. The van der Waals surface area contributed by atoms with Gasteiger partial charge in [-0.25, -0.2) is 0 Å². The summed E-state index contributed by atoms with van der Waals surface area (Å²) in [6.07, 6.45) is 0. The maximum absolute atomic E-state index is 11.4. The maximum Gasteiger partial charge on any atom is 0.248 e. The number of primary amides is 1. The lowest BCUT2D eigenvalue weighted by molar-refractivity contribution is 0.1000. The Hall–Kier alpha value is -1.88. The van der Waals surface area contributed by atoms with Crippen molar-refractivity contribution in [1.82, 2.24) is 10.2 Å². The van der Waals surface area contributed by atoms with Gasteiger partial charge in [-0.2, -0.15) is 0 Å². The fraction of sp³-hybridized carbons (Fsp3) is 0.278. The molecule has 0 spiro atoms. The van der Waals surface area contributed by atoms with Gasteiger partial charge in [-0.1, -0.05) is 35.9 Å². The predicted molar refractivity (Wildman–Crippen MR) is 92.4 cm³/mol. The van der Waals surface area contributed by atoms with E-state index in [0.29, 0.717) is 5.56 Å². The van der Waals surface area contributed by atoms with Gasteiger partial charge < -0.3 is 11.1 Å². The fourth-order valence-electron chi connectivity index (χ4n) is 3.04. The second kappa shape index (κ2) is 7.13. The van der Waals surface area contributed by atoms with E-state index in [9.17, 15) is 4.79 Å². The summed E-state index contributed by atoms with van der Waals surface area (Å²) in [6, 6.07) is 15.8. The molecule has 1 unspecified atom stereocenters. The molecule has 1 aliphatic rings. The molecule has 1 fully saturated rings. The number of carbonyl (C=O) groups is 1. The van der Waals surface area contributed by atoms with Crippen LogP contribution in [0.5, 0.6) is 0 Å². The number of piperazine rings is 1. The highest BCUT2D eigenvalue weighted by Crippen LogP contribution is 2.26. The first kappa shape index (κ1) is 16.0. The van der Waals surface area contributed by atoms with Crippen molar-refractivity contribution in [3.8, 4) is 0 Å². The normalized spacial score (nSPS) is 18.7. The molecule has 0 radical (unpaired) electrons. The van der Waals surface area contributed by atoms with E-state index in [-0.39, 0.29) is 6.04 Å². The van der Waals surface area contributed by atoms with Gasteiger partial charge in [-0.05, 0) is 35.4 Å². The minimum atomic E-state index is -0.390. The topological polar surface area (TPSA) is 58.4 Å². The van der Waals surface area contributed by atoms with Gasteiger partial charge in [0.15, 0.2) is 0 Å². The predicted octanol–water partition coefficient (Wildman–Crippen LogP) is 2.59. The monoisotopic (exact) mass is 329 g/mol. The van der Waals surface area contributed by atoms with Crippen molar-refractivity contribution in [2.75, 3.05) is 19.6 Å². The lowest BCUT2D eigenvalue weighted by Crippen LogP contribution is -2.45. The number of benzene rings is 2. The van der Waals surface area contributed by atoms with Gasteiger partial charge >= 0.3 is 0 Å². The van der Waals surface area contributed by atoms with Crippen molar-refractivity contribution in [1.29, 1.82) is 0 Å². The third-order valence-electron chi connectivity index (χ3n) is 4.18. The highest BCUT2D eigenvalue weighted by Gasteiger charge is 2.24. The van der Waals surface area contributed by atoms with E-state index in [1.807, 2.05) is 36.4 Å². The van der Waals surface area contributed by atoms with Crippen LogP contribution in [0.4, 0.5) is 0 Å². The standard InChI is InChI=1S/C18H20ClN3O/c19-16-6-2-4-14(10-16)17-11-21-7-8-22(17)12-13-3-1-5-15(9-13)18(20)23/h1-6,9-10,17,21H,7-8,11-12H2,(H2,20,23). The van der Waals surface area contributed by atoms with Crippen molar-refractivity contribution in [3.63, 3.8) is 0 Å². The molecular weight excluding hydrogens is 310 g/mol. The van der Waals surface area contributed by atoms with Crippen molar-refractivity contribution >= 4 is 17.5 Å². The second-order valence-electron chi connectivity index (χ2n) is 5.81. The Morgan fingerprint density at radius 2 is 2.09 bits per heavy atom. The molecule has 2 aromatic carbocycles. The fourth-order valence-corrected chi connectivity index (χ4v) is 3.23. The Morgan fingerprint density at radius 3 is 2.87 bits per heavy atom. The first-order valence-electron chi connectivity index (χ1n) is 7.72. The molecule has 0 aromatic heterocycles. The summed E-state index contributed by atoms with van der Waals surface area (Å²) in [7, 11) is 0. The van der Waals surface area contributed by atoms with Gasteiger partial charge in [0, 0.05) is 42.8 Å². The van der Waals surface area contributed by atoms with E-state index in [4.69, 9.17) is 17.3 Å². The zero-order valence-electron chi connectivity index (χ0n) is 12.8. The molecule has 1 atom stereocenters. The van der Waals surface area contributed by atoms with E-state index >= 15 is 0 Å². The zero-order chi connectivity index (χ0) is 16.2. The van der Waals surface area contributed by atoms with Crippen LogP contribution in [0.25, 0.3) is 0 Å². The third-order valence-corrected chi connectivity index (χ3v) is 4.42. The van der Waals surface area contributed by atoms with Crippen LogP contribution in [-0.2, 0) is 6.54 Å². The largest absolute Gasteiger partial charge is 0.366 e. The molecule has 2 aromatic rings. The van der Waals surface area contributed by atoms with Crippen LogP contribution in [0.3, 0.4) is 0 Å². The summed E-state index contributed by atoms with van der Waals surface area (Å²) in [5, 5.41) is 4.19. The van der Waals surface area contributed by atoms with Crippen LogP contribution in [0, 0.1) is 0 Å². The summed E-state index contributed by atoms with van der Waals surface area (Å²) in [5.74, 6) is -0.390. The van der Waals surface area contributed by atoms with Gasteiger partial charge in [-0.3, -0.25) is 9.69 Å². The summed E-state index contributed by atoms with van der Waals surface area (Å²) in [6.45, 7) is 3.56. The minimum Gasteiger partial charge on any atom is -0.366 e. The molecule has 4 nitrogen and oxygen atoms in total. The Kier molecular flexibility index (Phi) is 4.96. The molecule has 0 aliphatic carbocycles. The average Bonchev–Trinajstić information content (AvgIpc) is 2.55. The van der Waals surface area contributed by atoms with Crippen LogP contribution in [-0.4, -0.2) is 30.4 Å². The number of nitrogens with zero attached hydrogens (tertiary/aromatic N) is 1. The number of nitrogens with one attached hydrogen (secondary N) is 1. The van der Waals surface area contributed by atoms with E-state index in [0.717, 1.165) is 36.8 Å². The molecule has 1 saturated heterocycles. The number of nitrogens with two attached hydrogens (primary N) is 1. The van der Waals surface area contributed by atoms with Crippen molar-refractivity contribution in [2.24, 2.45) is 5.73 Å². The summed E-state index contributed by atoms with van der Waals surface area (Å²) >= 11 is 6.14. The summed E-state index contributed by atoms with van der Waals surface area (Å²) in [4.78, 5) is 13.8. The van der Waals surface area contributed by atoms with Crippen LogP contribution < -0.4 is 11.1 Å². The van der Waals surface area contributed by atoms with E-state index in [1.54, 1.807) is 6.07 Å². The maximum atomic E-state index is 11.4. The average molecular weight is 330 g/mol. The smallest absolute Gasteiger partial charge is 0.248 e. The summed E-state index contributed by atoms with van der Waals surface area (Å²) in [5.41, 5.74) is 8.22. The molecule has 0 bridgehead atoms. The minimum absolute atomic E-state index is 0.264. The number of hydrogen-bond donors (Lipinski definition) is 2. The molecule has 23 heavy (non-hydrogen) atoms. The highest BCUT2D eigenvalue weighted by atomic mass is 35.5. The van der Waals surface area contributed by atoms with Gasteiger partial charge in [0.25, 0.3) is 0 Å². The molecule has 1 amide bonds. The van der Waals surface area contributed by atoms with Crippen LogP contribution >= 0.6 is 11.6 Å². The Labute approximate surface area is 141 Å². The van der Waals surface area contributed by atoms with Crippen molar-refractivity contribution in [2.45, 2.75) is 12.6 Å². The van der Waals surface area contributed by atoms with E-state index < -0.39 is 5.91 Å². The van der Waals surface area contributed by atoms with E-state index in [1.165, 1.54) is 5.56 Å². The van der Waals surface area contributed by atoms with Gasteiger partial charge in [0.05, 0.1) is 0 Å². The van der Waals surface area contributed by atoms with E-state index in [2.05, 4.69) is 16.3 Å². The molecule has 5 heteroatoms. The molecule has 3 rings (SSSR count). The molecular formula is C18H20ClN3O. The third kappa shape index (κ3) is 3.91. The lowest BCUT2D eigenvalue weighted by atomic mass is 10.0. The molecule has 1 aliphatic heterocycles. The van der Waals surface area contributed by atoms with Gasteiger partial charge in [0.2, 0.25) is 5.91 Å².